The second-order valence-corrected chi connectivity index (χ2v) is 8.71. The summed E-state index contributed by atoms with van der Waals surface area (Å²) in [6.45, 7) is 0.554. The zero-order valence-corrected chi connectivity index (χ0v) is 20.5. The van der Waals surface area contributed by atoms with Gasteiger partial charge in [0.05, 0.1) is 17.8 Å². The second-order valence-electron chi connectivity index (χ2n) is 6.72. The van der Waals surface area contributed by atoms with Crippen LogP contribution in [0.1, 0.15) is 18.5 Å². The van der Waals surface area contributed by atoms with Crippen LogP contribution < -0.4 is 45.7 Å². The Bertz CT molecular complexity index is 961. The van der Waals surface area contributed by atoms with E-state index >= 15 is 0 Å². The molecule has 2 amide bonds. The number of ether oxygens (including phenoxy) is 1. The van der Waals surface area contributed by atoms with Crippen molar-refractivity contribution in [2.24, 2.45) is 5.16 Å². The number of hydrogen-bond acceptors (Lipinski definition) is 11. The van der Waals surface area contributed by atoms with E-state index in [4.69, 9.17) is 15.3 Å². The average molecular weight is 475 g/mol. The third-order valence-corrected chi connectivity index (χ3v) is 6.93. The van der Waals surface area contributed by atoms with Gasteiger partial charge in [-0.15, -0.1) is 23.1 Å². The molecule has 3 aliphatic rings. The number of rotatable bonds is 6. The van der Waals surface area contributed by atoms with E-state index in [0.29, 0.717) is 24.4 Å². The summed E-state index contributed by atoms with van der Waals surface area (Å²) in [4.78, 5) is 47.2. The fourth-order valence-corrected chi connectivity index (χ4v) is 5.59. The summed E-state index contributed by atoms with van der Waals surface area (Å²) in [5.74, 6) is -2.27. The summed E-state index contributed by atoms with van der Waals surface area (Å²) in [7, 11) is 1.28. The average Bonchev–Trinajstić information content (AvgIpc) is 3.40. The van der Waals surface area contributed by atoms with Crippen LogP contribution in [-0.4, -0.2) is 70.4 Å². The fraction of sp³-hybridized carbons (Fsp3) is 0.471. The number of thiazole rings is 1. The summed E-state index contributed by atoms with van der Waals surface area (Å²) in [6.07, 6.45) is 1.20. The van der Waals surface area contributed by atoms with Gasteiger partial charge in [0.25, 0.3) is 11.8 Å². The Balaban J connectivity index is 0.00000272. The van der Waals surface area contributed by atoms with Crippen LogP contribution in [0.15, 0.2) is 21.8 Å². The number of fused-ring (bicyclic) bond motifs is 1. The molecule has 3 aliphatic heterocycles. The standard InChI is InChI=1S/C17H19N5O6S2.Na/c1-27-21-10(8-6-30-17(18)19-8)13(23)20-11-14(24)22-12(16(25)26)7(5-29-15(11)22)9-3-2-4-28-9;/h6,9,11,15H,2-5H2,1H3,(H2,18,19)(H,20,23)(H,25,26);/q;+1/p-1/b21-10+;/t9-,11+,15+;/m0./s1. The number of nitrogens with two attached hydrogens (primary N) is 1. The van der Waals surface area contributed by atoms with Crippen molar-refractivity contribution in [2.45, 2.75) is 30.4 Å². The maximum Gasteiger partial charge on any atom is 1.00 e. The molecular weight excluding hydrogens is 457 g/mol. The van der Waals surface area contributed by atoms with E-state index in [-0.39, 0.29) is 57.9 Å². The van der Waals surface area contributed by atoms with Crippen molar-refractivity contribution in [2.75, 3.05) is 25.2 Å². The molecule has 1 aromatic heterocycles. The van der Waals surface area contributed by atoms with Crippen molar-refractivity contribution >= 4 is 51.7 Å². The molecule has 0 unspecified atom stereocenters. The van der Waals surface area contributed by atoms with Gasteiger partial charge in [-0.3, -0.25) is 14.5 Å². The van der Waals surface area contributed by atoms with E-state index < -0.39 is 29.2 Å². The molecule has 160 valence electrons. The molecule has 0 aromatic carbocycles. The van der Waals surface area contributed by atoms with E-state index in [2.05, 4.69) is 15.5 Å². The number of aromatic nitrogens is 1. The predicted octanol–water partition coefficient (Wildman–Crippen LogP) is -4.34. The first-order valence-electron chi connectivity index (χ1n) is 9.06. The van der Waals surface area contributed by atoms with Gasteiger partial charge in [-0.1, -0.05) is 5.16 Å². The Morgan fingerprint density at radius 1 is 1.48 bits per heavy atom. The van der Waals surface area contributed by atoms with Gasteiger partial charge in [-0.05, 0) is 18.4 Å². The topological polar surface area (TPSA) is 159 Å². The van der Waals surface area contributed by atoms with Crippen LogP contribution in [0.2, 0.25) is 0 Å². The number of nitrogens with one attached hydrogen (secondary N) is 1. The number of carboxylic acids is 1. The number of oxime groups is 1. The van der Waals surface area contributed by atoms with Gasteiger partial charge < -0.3 is 30.5 Å². The SMILES string of the molecule is CO/N=C(/C(=O)N[C@@H]1C(=O)N2C(C(=O)[O-])=C([C@@H]3CCCO3)CS[C@H]12)c1csc(N)n1.[Na+]. The third kappa shape index (κ3) is 4.47. The first-order chi connectivity index (χ1) is 14.4. The molecule has 4 rings (SSSR count). The van der Waals surface area contributed by atoms with Gasteiger partial charge in [-0.25, -0.2) is 4.98 Å². The molecule has 0 aliphatic carbocycles. The predicted molar refractivity (Wildman–Crippen MR) is 106 cm³/mol. The molecule has 0 bridgehead atoms. The maximum absolute atomic E-state index is 12.8. The zero-order chi connectivity index (χ0) is 21.4. The Kier molecular flexibility index (Phi) is 7.65. The molecular formula is C17H18N5NaO6S2. The largest absolute Gasteiger partial charge is 1.00 e. The minimum atomic E-state index is -1.43. The smallest absolute Gasteiger partial charge is 0.543 e. The van der Waals surface area contributed by atoms with Crippen molar-refractivity contribution in [1.82, 2.24) is 15.2 Å². The Morgan fingerprint density at radius 2 is 2.26 bits per heavy atom. The number of nitrogen functional groups attached to an aromatic ring is 1. The monoisotopic (exact) mass is 475 g/mol. The number of amides is 2. The van der Waals surface area contributed by atoms with Crippen LogP contribution in [0.5, 0.6) is 0 Å². The summed E-state index contributed by atoms with van der Waals surface area (Å²) in [5, 5.41) is 19.3. The Hall–Kier alpha value is -1.64. The van der Waals surface area contributed by atoms with Crippen molar-refractivity contribution in [3.63, 3.8) is 0 Å². The molecule has 14 heteroatoms. The number of β-lactam (4-membered cyclic amide) rings is 1. The molecule has 3 atom stereocenters. The number of hydrogen-bond donors (Lipinski definition) is 2. The van der Waals surface area contributed by atoms with Gasteiger partial charge in [0.15, 0.2) is 10.8 Å². The minimum Gasteiger partial charge on any atom is -0.543 e. The number of nitrogens with zero attached hydrogens (tertiary/aromatic N) is 3. The van der Waals surface area contributed by atoms with E-state index in [1.165, 1.54) is 23.8 Å². The molecule has 31 heavy (non-hydrogen) atoms. The van der Waals surface area contributed by atoms with E-state index in [9.17, 15) is 19.5 Å². The van der Waals surface area contributed by atoms with Crippen LogP contribution in [-0.2, 0) is 24.0 Å². The van der Waals surface area contributed by atoms with Crippen molar-refractivity contribution < 1.29 is 58.6 Å². The maximum atomic E-state index is 12.8. The number of aliphatic carboxylic acids is 1. The van der Waals surface area contributed by atoms with Crippen molar-refractivity contribution in [3.8, 4) is 0 Å². The van der Waals surface area contributed by atoms with Crippen LogP contribution in [0.3, 0.4) is 0 Å². The number of anilines is 1. The fourth-order valence-electron chi connectivity index (χ4n) is 3.63. The number of carbonyl (C=O) groups is 3. The summed E-state index contributed by atoms with van der Waals surface area (Å²) in [5.41, 5.74) is 6.09. The molecule has 0 spiro atoms. The summed E-state index contributed by atoms with van der Waals surface area (Å²) < 4.78 is 5.60. The molecule has 0 saturated carbocycles. The number of thioether (sulfide) groups is 1. The molecule has 11 nitrogen and oxygen atoms in total. The second kappa shape index (κ2) is 9.88. The first-order valence-corrected chi connectivity index (χ1v) is 11.0. The molecule has 4 heterocycles. The quantitative estimate of drug-likeness (QED) is 0.179. The Morgan fingerprint density at radius 3 is 2.84 bits per heavy atom. The molecule has 2 fully saturated rings. The zero-order valence-electron chi connectivity index (χ0n) is 16.8. The van der Waals surface area contributed by atoms with Crippen LogP contribution >= 0.6 is 23.1 Å². The van der Waals surface area contributed by atoms with Crippen LogP contribution in [0, 0.1) is 0 Å². The van der Waals surface area contributed by atoms with Gasteiger partial charge in [0.1, 0.15) is 24.2 Å². The molecule has 3 N–H and O–H groups in total. The van der Waals surface area contributed by atoms with E-state index in [1.54, 1.807) is 5.38 Å². The number of carbonyl (C=O) groups excluding carboxylic acids is 3. The van der Waals surface area contributed by atoms with Gasteiger partial charge in [-0.2, -0.15) is 0 Å². The van der Waals surface area contributed by atoms with Gasteiger partial charge in [0, 0.05) is 17.7 Å². The third-order valence-electron chi connectivity index (χ3n) is 4.96. The Labute approximate surface area is 207 Å². The molecule has 1 aromatic rings. The van der Waals surface area contributed by atoms with Crippen molar-refractivity contribution in [1.29, 1.82) is 0 Å². The van der Waals surface area contributed by atoms with E-state index in [1.807, 2.05) is 0 Å². The minimum absolute atomic E-state index is 0. The molecule has 0 radical (unpaired) electrons. The summed E-state index contributed by atoms with van der Waals surface area (Å²) in [6, 6.07) is -0.916. The van der Waals surface area contributed by atoms with Gasteiger partial charge in [0.2, 0.25) is 0 Å². The van der Waals surface area contributed by atoms with Crippen LogP contribution in [0.25, 0.3) is 0 Å². The number of carboxylic acid groups (broad SMARTS) is 1. The normalized spacial score (nSPS) is 25.5. The van der Waals surface area contributed by atoms with Crippen molar-refractivity contribution in [3.05, 3.63) is 22.3 Å². The molecule has 2 saturated heterocycles. The summed E-state index contributed by atoms with van der Waals surface area (Å²) >= 11 is 2.49. The van der Waals surface area contributed by atoms with E-state index in [0.717, 1.165) is 17.8 Å². The van der Waals surface area contributed by atoms with Crippen LogP contribution in [0.4, 0.5) is 5.13 Å². The van der Waals surface area contributed by atoms with Gasteiger partial charge >= 0.3 is 29.6 Å². The first kappa shape index (κ1) is 24.0.